The number of aliphatic imine (C=N–C) groups is 1. The summed E-state index contributed by atoms with van der Waals surface area (Å²) in [5.74, 6) is 0.793. The van der Waals surface area contributed by atoms with Gasteiger partial charge in [0, 0.05) is 49.1 Å². The first kappa shape index (κ1) is 20.2. The Morgan fingerprint density at radius 3 is 2.72 bits per heavy atom. The molecule has 150 valence electrons. The summed E-state index contributed by atoms with van der Waals surface area (Å²) >= 11 is 0. The van der Waals surface area contributed by atoms with Crippen molar-refractivity contribution in [1.29, 1.82) is 5.41 Å². The molecule has 0 saturated carbocycles. The van der Waals surface area contributed by atoms with E-state index in [1.54, 1.807) is 38.7 Å². The van der Waals surface area contributed by atoms with Gasteiger partial charge >= 0.3 is 0 Å². The van der Waals surface area contributed by atoms with Gasteiger partial charge in [0.15, 0.2) is 0 Å². The van der Waals surface area contributed by atoms with Crippen LogP contribution >= 0.6 is 0 Å². The van der Waals surface area contributed by atoms with Crippen LogP contribution < -0.4 is 14.8 Å². The van der Waals surface area contributed by atoms with E-state index in [1.165, 1.54) is 6.21 Å². The maximum Gasteiger partial charge on any atom is 0.125 e. The van der Waals surface area contributed by atoms with Gasteiger partial charge in [0.2, 0.25) is 0 Å². The predicted molar refractivity (Wildman–Crippen MR) is 113 cm³/mol. The van der Waals surface area contributed by atoms with E-state index in [0.717, 1.165) is 16.9 Å². The van der Waals surface area contributed by atoms with Crippen LogP contribution in [0.5, 0.6) is 11.5 Å². The minimum Gasteiger partial charge on any atom is -0.497 e. The summed E-state index contributed by atoms with van der Waals surface area (Å²) < 4.78 is 23.1. The highest BCUT2D eigenvalue weighted by Gasteiger charge is 2.10. The molecule has 7 nitrogen and oxygen atoms in total. The summed E-state index contributed by atoms with van der Waals surface area (Å²) in [7, 11) is 3.22. The molecule has 1 unspecified atom stereocenters. The first-order valence-corrected chi connectivity index (χ1v) is 9.01. The number of hydrogen-bond donors (Lipinski definition) is 2. The third-order valence-corrected chi connectivity index (χ3v) is 4.14. The van der Waals surface area contributed by atoms with Gasteiger partial charge in [-0.05, 0) is 18.2 Å². The second-order valence-electron chi connectivity index (χ2n) is 6.16. The fourth-order valence-electron chi connectivity index (χ4n) is 2.80. The molecule has 0 aliphatic heterocycles. The summed E-state index contributed by atoms with van der Waals surface area (Å²) in [4.78, 5) is 13.0. The minimum absolute atomic E-state index is 0.0177. The first-order chi connectivity index (χ1) is 14.2. The smallest absolute Gasteiger partial charge is 0.125 e. The molecule has 8 heteroatoms. The van der Waals surface area contributed by atoms with E-state index in [1.807, 2.05) is 24.3 Å². The van der Waals surface area contributed by atoms with E-state index in [0.29, 0.717) is 22.7 Å². The van der Waals surface area contributed by atoms with Gasteiger partial charge in [0.1, 0.15) is 24.8 Å². The van der Waals surface area contributed by atoms with Gasteiger partial charge in [-0.15, -0.1) is 0 Å². The number of nitrogens with one attached hydrogen (secondary N) is 2. The van der Waals surface area contributed by atoms with E-state index in [9.17, 15) is 4.39 Å². The van der Waals surface area contributed by atoms with Crippen LogP contribution in [-0.4, -0.2) is 49.8 Å². The summed E-state index contributed by atoms with van der Waals surface area (Å²) in [5.41, 5.74) is 3.62. The van der Waals surface area contributed by atoms with Crippen LogP contribution in [0, 0.1) is 5.41 Å². The van der Waals surface area contributed by atoms with E-state index >= 15 is 0 Å². The Labute approximate surface area is 168 Å². The molecule has 0 bridgehead atoms. The molecular formula is C21H22FN5O2. The lowest BCUT2D eigenvalue weighted by Gasteiger charge is -2.12. The number of aromatic nitrogens is 2. The van der Waals surface area contributed by atoms with E-state index < -0.39 is 6.67 Å². The highest BCUT2D eigenvalue weighted by Crippen LogP contribution is 2.29. The number of alkyl halides is 1. The number of hydrogen-bond acceptors (Lipinski definition) is 7. The molecule has 0 aliphatic carbocycles. The van der Waals surface area contributed by atoms with E-state index in [4.69, 9.17) is 14.9 Å². The summed E-state index contributed by atoms with van der Waals surface area (Å²) in [6.45, 7) is -0.582. The quantitative estimate of drug-likeness (QED) is 0.531. The first-order valence-electron chi connectivity index (χ1n) is 9.01. The fourth-order valence-corrected chi connectivity index (χ4v) is 2.80. The topological polar surface area (TPSA) is 92.5 Å². The molecule has 0 spiro atoms. The number of fused-ring (bicyclic) bond motifs is 1. The highest BCUT2D eigenvalue weighted by atomic mass is 19.1. The van der Waals surface area contributed by atoms with Crippen molar-refractivity contribution in [3.8, 4) is 11.5 Å². The monoisotopic (exact) mass is 395 g/mol. The Balaban J connectivity index is 1.91. The largest absolute Gasteiger partial charge is 0.497 e. The Morgan fingerprint density at radius 2 is 2.00 bits per heavy atom. The van der Waals surface area contributed by atoms with Crippen molar-refractivity contribution in [2.45, 2.75) is 5.92 Å². The molecule has 1 heterocycles. The van der Waals surface area contributed by atoms with Gasteiger partial charge in [-0.2, -0.15) is 0 Å². The Kier molecular flexibility index (Phi) is 6.67. The normalized spacial score (nSPS) is 12.1. The molecule has 29 heavy (non-hydrogen) atoms. The van der Waals surface area contributed by atoms with Crippen LogP contribution in [0.2, 0.25) is 0 Å². The second kappa shape index (κ2) is 9.59. The lowest BCUT2D eigenvalue weighted by molar-refractivity contribution is 0.272. The molecule has 0 saturated heterocycles. The lowest BCUT2D eigenvalue weighted by Crippen LogP contribution is -2.05. The molecule has 2 N–H and O–H groups in total. The number of halogens is 1. The third-order valence-electron chi connectivity index (χ3n) is 4.14. The average Bonchev–Trinajstić information content (AvgIpc) is 2.75. The van der Waals surface area contributed by atoms with Crippen molar-refractivity contribution >= 4 is 34.8 Å². The maximum atomic E-state index is 12.4. The summed E-state index contributed by atoms with van der Waals surface area (Å²) in [5, 5.41) is 10.8. The van der Waals surface area contributed by atoms with Gasteiger partial charge < -0.3 is 20.2 Å². The third kappa shape index (κ3) is 5.04. The van der Waals surface area contributed by atoms with Crippen molar-refractivity contribution in [3.05, 3.63) is 48.3 Å². The Morgan fingerprint density at radius 1 is 1.17 bits per heavy atom. The summed E-state index contributed by atoms with van der Waals surface area (Å²) in [6.07, 6.45) is 4.59. The zero-order chi connectivity index (χ0) is 20.6. The zero-order valence-corrected chi connectivity index (χ0v) is 16.2. The van der Waals surface area contributed by atoms with Crippen molar-refractivity contribution in [2.75, 3.05) is 32.8 Å². The van der Waals surface area contributed by atoms with Gasteiger partial charge in [0.05, 0.1) is 36.0 Å². The molecule has 0 aliphatic rings. The molecule has 2 aromatic carbocycles. The number of methoxy groups -OCH3 is 1. The SMILES string of the molecule is CN=CC(C=N)c1cnc2ccc(Nc3cc(OC)cc(OCCF)c3)cc2n1. The molecular weight excluding hydrogens is 373 g/mol. The van der Waals surface area contributed by atoms with Crippen molar-refractivity contribution in [1.82, 2.24) is 9.97 Å². The fraction of sp³-hybridized carbons (Fsp3) is 0.238. The minimum atomic E-state index is -0.564. The molecule has 0 amide bonds. The van der Waals surface area contributed by atoms with Crippen molar-refractivity contribution in [2.24, 2.45) is 4.99 Å². The van der Waals surface area contributed by atoms with E-state index in [-0.39, 0.29) is 12.5 Å². The number of ether oxygens (including phenoxy) is 2. The zero-order valence-electron chi connectivity index (χ0n) is 16.2. The number of nitrogens with zero attached hydrogens (tertiary/aromatic N) is 3. The van der Waals surface area contributed by atoms with Crippen LogP contribution in [-0.2, 0) is 0 Å². The maximum absolute atomic E-state index is 12.4. The second-order valence-corrected chi connectivity index (χ2v) is 6.16. The van der Waals surface area contributed by atoms with Crippen LogP contribution in [0.1, 0.15) is 11.6 Å². The Hall–Kier alpha value is -3.55. The number of anilines is 2. The highest BCUT2D eigenvalue weighted by molar-refractivity contribution is 5.89. The standard InChI is InChI=1S/C21H22FN5O2/c1-24-12-14(11-23)21-13-25-19-4-3-15(9-20(19)27-21)26-16-7-17(28-2)10-18(8-16)29-6-5-22/h3-4,7-14,23,26H,5-6H2,1-2H3. The molecule has 1 atom stereocenters. The van der Waals surface area contributed by atoms with Gasteiger partial charge in [0.25, 0.3) is 0 Å². The molecule has 1 aromatic heterocycles. The van der Waals surface area contributed by atoms with Gasteiger partial charge in [-0.25, -0.2) is 9.37 Å². The lowest BCUT2D eigenvalue weighted by atomic mass is 10.1. The van der Waals surface area contributed by atoms with Crippen LogP contribution in [0.3, 0.4) is 0 Å². The molecule has 0 radical (unpaired) electrons. The van der Waals surface area contributed by atoms with E-state index in [2.05, 4.69) is 20.3 Å². The molecule has 0 fully saturated rings. The number of benzene rings is 2. The van der Waals surface area contributed by atoms with Crippen LogP contribution in [0.15, 0.2) is 47.6 Å². The summed E-state index contributed by atoms with van der Waals surface area (Å²) in [6, 6.07) is 10.9. The average molecular weight is 395 g/mol. The van der Waals surface area contributed by atoms with Crippen LogP contribution in [0.25, 0.3) is 11.0 Å². The van der Waals surface area contributed by atoms with Gasteiger partial charge in [-0.1, -0.05) is 0 Å². The van der Waals surface area contributed by atoms with Crippen molar-refractivity contribution in [3.63, 3.8) is 0 Å². The molecule has 3 aromatic rings. The molecule has 3 rings (SSSR count). The Bertz CT molecular complexity index is 1030. The van der Waals surface area contributed by atoms with Crippen LogP contribution in [0.4, 0.5) is 15.8 Å². The van der Waals surface area contributed by atoms with Gasteiger partial charge in [-0.3, -0.25) is 9.98 Å². The van der Waals surface area contributed by atoms with Crippen molar-refractivity contribution < 1.29 is 13.9 Å². The number of rotatable bonds is 9. The predicted octanol–water partition coefficient (Wildman–Crippen LogP) is 4.16.